The third-order valence-electron chi connectivity index (χ3n) is 5.91. The van der Waals surface area contributed by atoms with E-state index in [1.54, 1.807) is 0 Å². The fourth-order valence-electron chi connectivity index (χ4n) is 4.18. The molecule has 0 saturated carbocycles. The molecule has 0 bridgehead atoms. The predicted molar refractivity (Wildman–Crippen MR) is 143 cm³/mol. The number of aliphatic imine (C=N–C) groups is 1. The van der Waals surface area contributed by atoms with Crippen LogP contribution in [0.3, 0.4) is 0 Å². The number of nitrogens with zero attached hydrogens (tertiary/aromatic N) is 4. The summed E-state index contributed by atoms with van der Waals surface area (Å²) >= 11 is 0. The zero-order valence-corrected chi connectivity index (χ0v) is 21.4. The van der Waals surface area contributed by atoms with Crippen LogP contribution in [-0.4, -0.2) is 61.8 Å². The molecule has 2 saturated heterocycles. The van der Waals surface area contributed by atoms with E-state index in [4.69, 9.17) is 4.74 Å². The Morgan fingerprint density at radius 1 is 1.16 bits per heavy atom. The molecule has 1 aromatic heterocycles. The fraction of sp³-hybridized carbons (Fsp3) is 0.440. The van der Waals surface area contributed by atoms with E-state index in [0.717, 1.165) is 69.5 Å². The van der Waals surface area contributed by atoms with E-state index < -0.39 is 0 Å². The minimum Gasteiger partial charge on any atom is -0.375 e. The van der Waals surface area contributed by atoms with Crippen molar-refractivity contribution < 1.29 is 4.74 Å². The molecule has 4 rings (SSSR count). The van der Waals surface area contributed by atoms with Crippen LogP contribution in [0.25, 0.3) is 6.08 Å². The molecule has 1 aromatic carbocycles. The first kappa shape index (κ1) is 24.5. The van der Waals surface area contributed by atoms with E-state index in [0.29, 0.717) is 0 Å². The maximum absolute atomic E-state index is 5.62. The molecule has 1 unspecified atom stereocenters. The van der Waals surface area contributed by atoms with Crippen LogP contribution < -0.4 is 10.2 Å². The van der Waals surface area contributed by atoms with E-state index in [2.05, 4.69) is 80.6 Å². The summed E-state index contributed by atoms with van der Waals surface area (Å²) in [7, 11) is 1.86. The number of benzene rings is 1. The van der Waals surface area contributed by atoms with Crippen LogP contribution in [0, 0.1) is 0 Å². The Kier molecular flexibility index (Phi) is 9.35. The number of piperidine rings is 1. The zero-order valence-electron chi connectivity index (χ0n) is 19.0. The summed E-state index contributed by atoms with van der Waals surface area (Å²) < 4.78 is 5.62. The van der Waals surface area contributed by atoms with E-state index in [-0.39, 0.29) is 30.1 Å². The van der Waals surface area contributed by atoms with Gasteiger partial charge in [0.05, 0.1) is 12.7 Å². The van der Waals surface area contributed by atoms with Gasteiger partial charge < -0.3 is 19.9 Å². The average molecular weight is 547 g/mol. The van der Waals surface area contributed by atoms with Gasteiger partial charge in [0.15, 0.2) is 5.96 Å². The first-order valence-electron chi connectivity index (χ1n) is 11.2. The highest BCUT2D eigenvalue weighted by molar-refractivity contribution is 14.0. The molecule has 6 nitrogen and oxygen atoms in total. The van der Waals surface area contributed by atoms with Crippen LogP contribution in [0.4, 0.5) is 5.82 Å². The number of aromatic nitrogens is 1. The maximum Gasteiger partial charge on any atom is 0.193 e. The lowest BCUT2D eigenvalue weighted by atomic mass is 10.0. The van der Waals surface area contributed by atoms with Gasteiger partial charge in [-0.25, -0.2) is 4.98 Å². The quantitative estimate of drug-likeness (QED) is 0.354. The molecular weight excluding hydrogens is 513 g/mol. The summed E-state index contributed by atoms with van der Waals surface area (Å²) in [6.45, 7) is 7.37. The van der Waals surface area contributed by atoms with Crippen molar-refractivity contribution in [1.29, 1.82) is 0 Å². The van der Waals surface area contributed by atoms with Gasteiger partial charge in [0.25, 0.3) is 0 Å². The van der Waals surface area contributed by atoms with Crippen molar-refractivity contribution in [1.82, 2.24) is 15.2 Å². The third-order valence-corrected chi connectivity index (χ3v) is 5.91. The molecule has 2 fully saturated rings. The standard InChI is InChI=1S/C25H33N5O.HI/c1-20-19-30(14-15-31-20)24-9-8-23(17-27-24)18-28-25(26-2)29-12-10-22(11-13-29)16-21-6-4-3-5-7-21;/h3-9,16-17,20H,10-15,18-19H2,1-2H3,(H,26,28);1H. The first-order chi connectivity index (χ1) is 15.2. The van der Waals surface area contributed by atoms with Gasteiger partial charge >= 0.3 is 0 Å². The minimum atomic E-state index is 0. The van der Waals surface area contributed by atoms with Gasteiger partial charge in [-0.1, -0.05) is 48.0 Å². The smallest absolute Gasteiger partial charge is 0.193 e. The lowest BCUT2D eigenvalue weighted by Gasteiger charge is -2.32. The van der Waals surface area contributed by atoms with Crippen molar-refractivity contribution in [2.75, 3.05) is 44.7 Å². The van der Waals surface area contributed by atoms with Crippen molar-refractivity contribution in [3.8, 4) is 0 Å². The van der Waals surface area contributed by atoms with Gasteiger partial charge in [-0.3, -0.25) is 4.99 Å². The predicted octanol–water partition coefficient (Wildman–Crippen LogP) is 4.18. The van der Waals surface area contributed by atoms with Crippen LogP contribution in [0.1, 0.15) is 30.9 Å². The summed E-state index contributed by atoms with van der Waals surface area (Å²) in [4.78, 5) is 13.8. The molecule has 7 heteroatoms. The highest BCUT2D eigenvalue weighted by Gasteiger charge is 2.19. The number of hydrogen-bond donors (Lipinski definition) is 1. The van der Waals surface area contributed by atoms with E-state index in [9.17, 15) is 0 Å². The van der Waals surface area contributed by atoms with Crippen molar-refractivity contribution in [3.05, 3.63) is 65.4 Å². The Morgan fingerprint density at radius 3 is 2.59 bits per heavy atom. The Bertz CT molecular complexity index is 890. The van der Waals surface area contributed by atoms with Gasteiger partial charge in [-0.05, 0) is 37.0 Å². The Balaban J connectivity index is 0.00000289. The number of hydrogen-bond acceptors (Lipinski definition) is 4. The summed E-state index contributed by atoms with van der Waals surface area (Å²) in [5.41, 5.74) is 3.96. The molecule has 32 heavy (non-hydrogen) atoms. The third kappa shape index (κ3) is 6.68. The molecule has 1 N–H and O–H groups in total. The lowest BCUT2D eigenvalue weighted by molar-refractivity contribution is 0.0529. The van der Waals surface area contributed by atoms with Crippen LogP contribution in [0.2, 0.25) is 0 Å². The molecule has 0 aliphatic carbocycles. The van der Waals surface area contributed by atoms with E-state index in [1.807, 2.05) is 13.2 Å². The van der Waals surface area contributed by atoms with Crippen LogP contribution in [0.5, 0.6) is 0 Å². The first-order valence-corrected chi connectivity index (χ1v) is 11.2. The molecule has 2 aromatic rings. The number of pyridine rings is 1. The average Bonchev–Trinajstić information content (AvgIpc) is 2.81. The summed E-state index contributed by atoms with van der Waals surface area (Å²) in [5.74, 6) is 1.99. The molecule has 0 spiro atoms. The van der Waals surface area contributed by atoms with Gasteiger partial charge in [-0.15, -0.1) is 24.0 Å². The largest absolute Gasteiger partial charge is 0.375 e. The number of morpholine rings is 1. The summed E-state index contributed by atoms with van der Waals surface area (Å²) in [6.07, 6.45) is 6.70. The minimum absolute atomic E-state index is 0. The summed E-state index contributed by atoms with van der Waals surface area (Å²) in [5, 5.41) is 3.51. The second kappa shape index (κ2) is 12.2. The molecule has 172 valence electrons. The molecule has 1 atom stereocenters. The highest BCUT2D eigenvalue weighted by Crippen LogP contribution is 2.20. The molecule has 0 radical (unpaired) electrons. The number of anilines is 1. The normalized spacial score (nSPS) is 19.4. The van der Waals surface area contributed by atoms with Gasteiger partial charge in [0.2, 0.25) is 0 Å². The van der Waals surface area contributed by atoms with Crippen LogP contribution in [0.15, 0.2) is 59.2 Å². The number of rotatable bonds is 4. The number of halogens is 1. The van der Waals surface area contributed by atoms with E-state index in [1.165, 1.54) is 11.1 Å². The monoisotopic (exact) mass is 547 g/mol. The summed E-state index contributed by atoms with van der Waals surface area (Å²) in [6, 6.07) is 14.8. The zero-order chi connectivity index (χ0) is 21.5. The van der Waals surface area contributed by atoms with Crippen LogP contribution >= 0.6 is 24.0 Å². The van der Waals surface area contributed by atoms with Gasteiger partial charge in [-0.2, -0.15) is 0 Å². The van der Waals surface area contributed by atoms with Crippen molar-refractivity contribution in [3.63, 3.8) is 0 Å². The molecule has 2 aliphatic rings. The second-order valence-electron chi connectivity index (χ2n) is 8.25. The van der Waals surface area contributed by atoms with Crippen molar-refractivity contribution >= 4 is 41.8 Å². The fourth-order valence-corrected chi connectivity index (χ4v) is 4.18. The number of guanidine groups is 1. The topological polar surface area (TPSA) is 53.0 Å². The van der Waals surface area contributed by atoms with Crippen molar-refractivity contribution in [2.45, 2.75) is 32.4 Å². The Labute approximate surface area is 208 Å². The molecule has 0 amide bonds. The number of ether oxygens (including phenoxy) is 1. The highest BCUT2D eigenvalue weighted by atomic mass is 127. The number of nitrogens with one attached hydrogen (secondary N) is 1. The molecule has 2 aliphatic heterocycles. The maximum atomic E-state index is 5.62. The molecule has 3 heterocycles. The lowest BCUT2D eigenvalue weighted by Crippen LogP contribution is -2.44. The van der Waals surface area contributed by atoms with Gasteiger partial charge in [0.1, 0.15) is 5.82 Å². The Morgan fingerprint density at radius 2 is 1.94 bits per heavy atom. The SMILES string of the molecule is CN=C(NCc1ccc(N2CCOC(C)C2)nc1)N1CCC(=Cc2ccccc2)CC1.I. The second-order valence-corrected chi connectivity index (χ2v) is 8.25. The van der Waals surface area contributed by atoms with Gasteiger partial charge in [0, 0.05) is 46.0 Å². The van der Waals surface area contributed by atoms with Crippen LogP contribution in [-0.2, 0) is 11.3 Å². The van der Waals surface area contributed by atoms with Crippen molar-refractivity contribution in [2.24, 2.45) is 4.99 Å². The van der Waals surface area contributed by atoms with E-state index >= 15 is 0 Å². The molecular formula is C25H34IN5O. The number of likely N-dealkylation sites (tertiary alicyclic amines) is 1. The Hall–Kier alpha value is -2.13.